The first-order valence-corrected chi connectivity index (χ1v) is 23.3. The molecule has 0 atom stereocenters. The third-order valence-electron chi connectivity index (χ3n) is 14.2. The molecule has 1 N–H and O–H groups in total. The second-order valence-corrected chi connectivity index (χ2v) is 21.3. The number of phenolic OH excluding ortho intramolecular Hbond substituents is 1. The van der Waals surface area contributed by atoms with Crippen LogP contribution in [0.2, 0.25) is 0 Å². The zero-order chi connectivity index (χ0) is 46.3. The van der Waals surface area contributed by atoms with Gasteiger partial charge in [-0.25, -0.2) is 4.98 Å². The Bertz CT molecular complexity index is 3320. The fourth-order valence-corrected chi connectivity index (χ4v) is 10.3. The van der Waals surface area contributed by atoms with E-state index in [-0.39, 0.29) is 27.4 Å². The number of imidazole rings is 1. The number of para-hydroxylation sites is 2. The molecule has 0 bridgehead atoms. The smallest absolute Gasteiger partial charge is 0.149 e. The number of benzene rings is 7. The number of fused-ring (bicyclic) bond motifs is 4. The molecule has 9 aromatic rings. The largest absolute Gasteiger partial charge is 0.507 e. The lowest BCUT2D eigenvalue weighted by Crippen LogP contribution is -2.19. The third-order valence-corrected chi connectivity index (χ3v) is 14.2. The molecule has 4 heteroatoms. The predicted molar refractivity (Wildman–Crippen MR) is 276 cm³/mol. The summed E-state index contributed by atoms with van der Waals surface area (Å²) in [5, 5.41) is 12.6. The van der Waals surface area contributed by atoms with Gasteiger partial charge >= 0.3 is 0 Å². The van der Waals surface area contributed by atoms with E-state index in [1.165, 1.54) is 33.4 Å². The number of nitrogens with zero attached hydrogens (tertiary/aromatic N) is 3. The number of aromatic hydroxyl groups is 1. The van der Waals surface area contributed by atoms with Crippen LogP contribution < -0.4 is 0 Å². The van der Waals surface area contributed by atoms with E-state index in [4.69, 9.17) is 9.97 Å². The van der Waals surface area contributed by atoms with E-state index in [1.807, 2.05) is 6.20 Å². The highest BCUT2D eigenvalue weighted by Gasteiger charge is 2.38. The van der Waals surface area contributed by atoms with Crippen molar-refractivity contribution in [2.24, 2.45) is 0 Å². The molecular formula is C62H59N3O. The van der Waals surface area contributed by atoms with E-state index in [0.29, 0.717) is 11.4 Å². The van der Waals surface area contributed by atoms with Crippen molar-refractivity contribution in [1.82, 2.24) is 14.5 Å². The highest BCUT2D eigenvalue weighted by Crippen LogP contribution is 2.52. The second-order valence-electron chi connectivity index (χ2n) is 21.3. The van der Waals surface area contributed by atoms with Crippen molar-refractivity contribution >= 4 is 11.0 Å². The predicted octanol–water partition coefficient (Wildman–Crippen LogP) is 16.0. The molecule has 0 saturated carbocycles. The molecule has 0 amide bonds. The average molecular weight is 862 g/mol. The summed E-state index contributed by atoms with van der Waals surface area (Å²) in [6.45, 7) is 22.5. The van der Waals surface area contributed by atoms with Crippen LogP contribution in [0.5, 0.6) is 5.75 Å². The molecule has 2 heterocycles. The number of rotatable bonds is 7. The topological polar surface area (TPSA) is 50.9 Å². The van der Waals surface area contributed by atoms with E-state index >= 15 is 0 Å². The Labute approximate surface area is 390 Å². The Balaban J connectivity index is 1.30. The maximum absolute atomic E-state index is 12.6. The monoisotopic (exact) mass is 861 g/mol. The molecule has 0 aliphatic heterocycles. The van der Waals surface area contributed by atoms with Crippen LogP contribution in [-0.4, -0.2) is 19.6 Å². The summed E-state index contributed by atoms with van der Waals surface area (Å²) >= 11 is 0. The fraction of sp³-hybridized carbons (Fsp3) is 0.226. The molecular weight excluding hydrogens is 803 g/mol. The van der Waals surface area contributed by atoms with Gasteiger partial charge in [-0.1, -0.05) is 197 Å². The van der Waals surface area contributed by atoms with E-state index in [2.05, 4.69) is 238 Å². The number of phenols is 1. The number of aromatic nitrogens is 3. The van der Waals surface area contributed by atoms with Gasteiger partial charge in [-0.05, 0) is 91.7 Å². The van der Waals surface area contributed by atoms with E-state index in [9.17, 15) is 5.11 Å². The zero-order valence-corrected chi connectivity index (χ0v) is 40.0. The van der Waals surface area contributed by atoms with E-state index in [0.717, 1.165) is 61.4 Å². The van der Waals surface area contributed by atoms with Gasteiger partial charge in [0.2, 0.25) is 0 Å². The molecule has 7 aromatic carbocycles. The average Bonchev–Trinajstić information content (AvgIpc) is 3.81. The van der Waals surface area contributed by atoms with Crippen molar-refractivity contribution < 1.29 is 5.11 Å². The molecule has 4 nitrogen and oxygen atoms in total. The van der Waals surface area contributed by atoms with Gasteiger partial charge in [0.15, 0.2) is 0 Å². The third kappa shape index (κ3) is 7.06. The quantitative estimate of drug-likeness (QED) is 0.174. The minimum absolute atomic E-state index is 0.166. The van der Waals surface area contributed by atoms with E-state index in [1.54, 1.807) is 0 Å². The van der Waals surface area contributed by atoms with Crippen molar-refractivity contribution in [1.29, 1.82) is 0 Å². The zero-order valence-electron chi connectivity index (χ0n) is 40.0. The van der Waals surface area contributed by atoms with Crippen molar-refractivity contribution in [2.45, 2.75) is 90.9 Å². The first-order valence-electron chi connectivity index (χ1n) is 23.3. The molecule has 1 aliphatic rings. The van der Waals surface area contributed by atoms with Crippen LogP contribution in [0.1, 0.15) is 103 Å². The number of hydrogen-bond acceptors (Lipinski definition) is 3. The van der Waals surface area contributed by atoms with Crippen molar-refractivity contribution in [2.75, 3.05) is 0 Å². The minimum Gasteiger partial charge on any atom is -0.507 e. The lowest BCUT2D eigenvalue weighted by molar-refractivity contribution is 0.446. The van der Waals surface area contributed by atoms with Gasteiger partial charge < -0.3 is 5.11 Å². The lowest BCUT2D eigenvalue weighted by Gasteiger charge is -2.28. The summed E-state index contributed by atoms with van der Waals surface area (Å²) in [6, 6.07) is 58.8. The Morgan fingerprint density at radius 1 is 0.500 bits per heavy atom. The maximum atomic E-state index is 12.6. The SMILES string of the molecule is CC(C)(C)c1cc(-c2nc3c(-c4cc(-c5nccc6c5-c5ccccc5C6(C)C)cc(C(C)(C)c5ccccc5)c4)cccc3n2-c2ccccc2-c2ccccc2)c(O)c(C(C)(C)C)c1. The summed E-state index contributed by atoms with van der Waals surface area (Å²) in [6.07, 6.45) is 1.99. The highest BCUT2D eigenvalue weighted by atomic mass is 16.3. The van der Waals surface area contributed by atoms with Gasteiger partial charge in [0.05, 0.1) is 28.0 Å². The van der Waals surface area contributed by atoms with Crippen molar-refractivity contribution in [3.8, 4) is 67.5 Å². The second kappa shape index (κ2) is 15.6. The molecule has 10 rings (SSSR count). The van der Waals surface area contributed by atoms with Gasteiger partial charge in [0.1, 0.15) is 11.6 Å². The van der Waals surface area contributed by atoms with Gasteiger partial charge in [-0.15, -0.1) is 0 Å². The Morgan fingerprint density at radius 2 is 1.14 bits per heavy atom. The summed E-state index contributed by atoms with van der Waals surface area (Å²) < 4.78 is 2.28. The number of hydrogen-bond donors (Lipinski definition) is 1. The minimum atomic E-state index is -0.350. The molecule has 0 spiro atoms. The summed E-state index contributed by atoms with van der Waals surface area (Å²) in [5.41, 5.74) is 18.3. The van der Waals surface area contributed by atoms with Crippen LogP contribution in [0, 0.1) is 0 Å². The molecule has 328 valence electrons. The normalized spacial score (nSPS) is 13.5. The van der Waals surface area contributed by atoms with Gasteiger partial charge in [-0.3, -0.25) is 9.55 Å². The van der Waals surface area contributed by atoms with Crippen molar-refractivity contribution in [3.05, 3.63) is 203 Å². The highest BCUT2D eigenvalue weighted by molar-refractivity contribution is 5.99. The Kier molecular flexibility index (Phi) is 10.1. The summed E-state index contributed by atoms with van der Waals surface area (Å²) in [4.78, 5) is 11.0. The molecule has 1 aliphatic carbocycles. The number of pyridine rings is 1. The molecule has 66 heavy (non-hydrogen) atoms. The Hall–Kier alpha value is -7.04. The van der Waals surface area contributed by atoms with Crippen LogP contribution >= 0.6 is 0 Å². The molecule has 0 saturated heterocycles. The standard InChI is InChI=1S/C62H59N3O/c1-59(2,3)43-37-48(57(66)51(38-43)60(4,5)6)58-64-56-46(28-21-31-53(56)65(58)52-30-20-18-26-45(52)39-22-13-11-14-23-39)40-34-41(36-44(35-40)61(7,8)42-24-15-12-16-25-42)55-54-47-27-17-19-29-49(47)62(9,10)50(54)32-33-63-55/h11-38,66H,1-10H3. The van der Waals surface area contributed by atoms with Crippen molar-refractivity contribution in [3.63, 3.8) is 0 Å². The van der Waals surface area contributed by atoms with Crippen LogP contribution in [0.25, 0.3) is 72.7 Å². The van der Waals surface area contributed by atoms with Crippen LogP contribution in [0.15, 0.2) is 170 Å². The van der Waals surface area contributed by atoms with Crippen LogP contribution in [0.4, 0.5) is 0 Å². The first-order chi connectivity index (χ1) is 31.4. The Morgan fingerprint density at radius 3 is 1.85 bits per heavy atom. The van der Waals surface area contributed by atoms with Crippen LogP contribution in [0.3, 0.4) is 0 Å². The maximum Gasteiger partial charge on any atom is 0.149 e. The van der Waals surface area contributed by atoms with Crippen LogP contribution in [-0.2, 0) is 21.7 Å². The molecule has 0 fully saturated rings. The molecule has 0 radical (unpaired) electrons. The van der Waals surface area contributed by atoms with E-state index < -0.39 is 0 Å². The first kappa shape index (κ1) is 42.9. The lowest BCUT2D eigenvalue weighted by atomic mass is 9.76. The fourth-order valence-electron chi connectivity index (χ4n) is 10.3. The summed E-state index contributed by atoms with van der Waals surface area (Å²) in [5.74, 6) is 0.948. The molecule has 0 unspecified atom stereocenters. The summed E-state index contributed by atoms with van der Waals surface area (Å²) in [7, 11) is 0. The molecule has 2 aromatic heterocycles. The van der Waals surface area contributed by atoms with Gasteiger partial charge in [0, 0.05) is 44.8 Å². The van der Waals surface area contributed by atoms with Gasteiger partial charge in [-0.2, -0.15) is 0 Å². The van der Waals surface area contributed by atoms with Gasteiger partial charge in [0.25, 0.3) is 0 Å².